The molecule has 12 nitrogen and oxygen atoms in total. The minimum absolute atomic E-state index is 0.0381. The lowest BCUT2D eigenvalue weighted by atomic mass is 10.0. The monoisotopic (exact) mass is 465 g/mol. The lowest BCUT2D eigenvalue weighted by molar-refractivity contribution is -0.121. The number of H-pyrrole nitrogens is 1. The maximum atomic E-state index is 12.8. The Morgan fingerprint density at radius 1 is 1.21 bits per heavy atom. The Morgan fingerprint density at radius 3 is 2.74 bits per heavy atom. The average molecular weight is 465 g/mol. The Kier molecular flexibility index (Phi) is 6.13. The van der Waals surface area contributed by atoms with Gasteiger partial charge in [0.15, 0.2) is 12.3 Å². The van der Waals surface area contributed by atoms with Crippen molar-refractivity contribution in [3.05, 3.63) is 47.5 Å². The van der Waals surface area contributed by atoms with E-state index in [-0.39, 0.29) is 47.3 Å². The van der Waals surface area contributed by atoms with Gasteiger partial charge in [-0.05, 0) is 23.6 Å². The van der Waals surface area contributed by atoms with Crippen LogP contribution in [0.1, 0.15) is 40.3 Å². The molecule has 4 rings (SSSR count). The van der Waals surface area contributed by atoms with Gasteiger partial charge in [0.1, 0.15) is 23.6 Å². The van der Waals surface area contributed by atoms with Crippen LogP contribution in [0.25, 0.3) is 11.0 Å². The number of anilines is 1. The minimum Gasteiger partial charge on any atom is -0.482 e. The minimum atomic E-state index is -0.853. The van der Waals surface area contributed by atoms with Crippen LogP contribution in [-0.2, 0) is 16.1 Å². The molecule has 0 unspecified atom stereocenters. The van der Waals surface area contributed by atoms with Crippen LogP contribution in [0.3, 0.4) is 0 Å². The summed E-state index contributed by atoms with van der Waals surface area (Å²) < 4.78 is 5.33. The van der Waals surface area contributed by atoms with Gasteiger partial charge in [-0.15, -0.1) is 0 Å². The largest absolute Gasteiger partial charge is 0.482 e. The Bertz CT molecular complexity index is 1300. The van der Waals surface area contributed by atoms with Gasteiger partial charge in [-0.3, -0.25) is 19.2 Å². The second kappa shape index (κ2) is 9.17. The summed E-state index contributed by atoms with van der Waals surface area (Å²) in [6.07, 6.45) is 2.58. The highest BCUT2D eigenvalue weighted by molar-refractivity contribution is 6.11. The van der Waals surface area contributed by atoms with Crippen molar-refractivity contribution in [2.45, 2.75) is 26.4 Å². The number of aromatic nitrogens is 3. The number of nitrogens with two attached hydrogens (primary N) is 1. The Hall–Kier alpha value is -4.48. The van der Waals surface area contributed by atoms with Crippen LogP contribution in [0.15, 0.2) is 30.7 Å². The van der Waals surface area contributed by atoms with E-state index in [1.54, 1.807) is 32.0 Å². The molecule has 0 saturated heterocycles. The quantitative estimate of drug-likeness (QED) is 0.336. The zero-order valence-corrected chi connectivity index (χ0v) is 18.5. The number of nitrogens with one attached hydrogen (secondary N) is 4. The standard InChI is InChI=1S/C22H23N7O5/c1-10(2)16(20(23)31)29-21(32)12-7-24-18-17(12)26-9-27-19(18)22(33)25-6-11-3-4-14-13(5-11)28-15(30)8-34-14/h3-5,7,9-10,16,24H,6,8H2,1-2H3,(H2,23,31)(H,25,33)(H,28,30)(H,29,32)/t16-/m0/s1. The number of nitrogens with zero attached hydrogens (tertiary/aromatic N) is 2. The molecular formula is C22H23N7O5. The SMILES string of the molecule is CC(C)[C@H](NC(=O)c1c[nH]c2c(C(=O)NCc3ccc4c(c3)NC(=O)CO4)ncnc12)C(N)=O. The van der Waals surface area contributed by atoms with Gasteiger partial charge in [0.2, 0.25) is 5.91 Å². The Morgan fingerprint density at radius 2 is 2.00 bits per heavy atom. The number of primary amides is 1. The zero-order chi connectivity index (χ0) is 24.4. The predicted molar refractivity (Wildman–Crippen MR) is 121 cm³/mol. The van der Waals surface area contributed by atoms with Crippen molar-refractivity contribution in [1.29, 1.82) is 0 Å². The molecule has 0 saturated carbocycles. The average Bonchev–Trinajstić information content (AvgIpc) is 3.24. The number of carbonyl (C=O) groups is 4. The highest BCUT2D eigenvalue weighted by Crippen LogP contribution is 2.28. The number of benzene rings is 1. The fraction of sp³-hybridized carbons (Fsp3) is 0.273. The summed E-state index contributed by atoms with van der Waals surface area (Å²) in [6.45, 7) is 3.65. The first-order chi connectivity index (χ1) is 16.2. The molecule has 3 aromatic rings. The van der Waals surface area contributed by atoms with E-state index < -0.39 is 23.8 Å². The first-order valence-electron chi connectivity index (χ1n) is 10.5. The number of ether oxygens (including phenoxy) is 1. The van der Waals surface area contributed by atoms with Crippen molar-refractivity contribution in [2.24, 2.45) is 11.7 Å². The fourth-order valence-corrected chi connectivity index (χ4v) is 3.58. The summed E-state index contributed by atoms with van der Waals surface area (Å²) in [5.74, 6) is -1.58. The van der Waals surface area contributed by atoms with E-state index in [9.17, 15) is 19.2 Å². The van der Waals surface area contributed by atoms with Crippen LogP contribution in [0, 0.1) is 5.92 Å². The maximum absolute atomic E-state index is 12.8. The lowest BCUT2D eigenvalue weighted by Gasteiger charge is -2.18. The third kappa shape index (κ3) is 4.51. The first-order valence-corrected chi connectivity index (χ1v) is 10.5. The topological polar surface area (TPSA) is 181 Å². The molecular weight excluding hydrogens is 442 g/mol. The van der Waals surface area contributed by atoms with Gasteiger partial charge in [-0.1, -0.05) is 19.9 Å². The molecule has 0 radical (unpaired) electrons. The summed E-state index contributed by atoms with van der Waals surface area (Å²) in [6, 6.07) is 4.34. The summed E-state index contributed by atoms with van der Waals surface area (Å²) >= 11 is 0. The maximum Gasteiger partial charge on any atom is 0.272 e. The number of carbonyl (C=O) groups excluding carboxylic acids is 4. The molecule has 2 aromatic heterocycles. The van der Waals surface area contributed by atoms with Gasteiger partial charge in [0.25, 0.3) is 17.7 Å². The van der Waals surface area contributed by atoms with Crippen LogP contribution in [0.4, 0.5) is 5.69 Å². The molecule has 34 heavy (non-hydrogen) atoms. The van der Waals surface area contributed by atoms with Gasteiger partial charge in [0, 0.05) is 12.7 Å². The number of amides is 4. The van der Waals surface area contributed by atoms with E-state index in [1.807, 2.05) is 0 Å². The van der Waals surface area contributed by atoms with Crippen molar-refractivity contribution in [2.75, 3.05) is 11.9 Å². The number of hydrogen-bond acceptors (Lipinski definition) is 7. The predicted octanol–water partition coefficient (Wildman–Crippen LogP) is 0.459. The van der Waals surface area contributed by atoms with Crippen molar-refractivity contribution < 1.29 is 23.9 Å². The normalized spacial score (nSPS) is 13.6. The second-order valence-corrected chi connectivity index (χ2v) is 8.10. The van der Waals surface area contributed by atoms with Gasteiger partial charge < -0.3 is 31.4 Å². The van der Waals surface area contributed by atoms with Crippen LogP contribution in [0.5, 0.6) is 5.75 Å². The summed E-state index contributed by atoms with van der Waals surface area (Å²) in [5, 5.41) is 8.08. The molecule has 1 aromatic carbocycles. The van der Waals surface area contributed by atoms with Gasteiger partial charge in [-0.25, -0.2) is 9.97 Å². The van der Waals surface area contributed by atoms with E-state index in [4.69, 9.17) is 10.5 Å². The first kappa shape index (κ1) is 22.7. The molecule has 0 fully saturated rings. The van der Waals surface area contributed by atoms with Crippen LogP contribution < -0.4 is 26.4 Å². The molecule has 4 amide bonds. The molecule has 12 heteroatoms. The molecule has 1 aliphatic heterocycles. The number of fused-ring (bicyclic) bond motifs is 2. The van der Waals surface area contributed by atoms with Crippen molar-refractivity contribution >= 4 is 40.3 Å². The lowest BCUT2D eigenvalue weighted by Crippen LogP contribution is -2.47. The number of hydrogen-bond donors (Lipinski definition) is 5. The Balaban J connectivity index is 1.50. The van der Waals surface area contributed by atoms with E-state index in [1.165, 1.54) is 12.5 Å². The molecule has 1 atom stereocenters. The summed E-state index contributed by atoms with van der Waals surface area (Å²) in [5.41, 5.74) is 7.36. The number of aromatic amines is 1. The van der Waals surface area contributed by atoms with Crippen molar-refractivity contribution in [3.63, 3.8) is 0 Å². The molecule has 176 valence electrons. The van der Waals surface area contributed by atoms with E-state index in [0.29, 0.717) is 11.4 Å². The van der Waals surface area contributed by atoms with E-state index in [0.717, 1.165) is 5.56 Å². The molecule has 6 N–H and O–H groups in total. The van der Waals surface area contributed by atoms with E-state index in [2.05, 4.69) is 30.9 Å². The zero-order valence-electron chi connectivity index (χ0n) is 18.5. The van der Waals surface area contributed by atoms with Gasteiger partial charge in [-0.2, -0.15) is 0 Å². The molecule has 0 aliphatic carbocycles. The van der Waals surface area contributed by atoms with Gasteiger partial charge >= 0.3 is 0 Å². The highest BCUT2D eigenvalue weighted by atomic mass is 16.5. The third-order valence-corrected chi connectivity index (χ3v) is 5.31. The van der Waals surface area contributed by atoms with Gasteiger partial charge in [0.05, 0.1) is 16.8 Å². The second-order valence-electron chi connectivity index (χ2n) is 8.10. The molecule has 0 bridgehead atoms. The molecule has 3 heterocycles. The van der Waals surface area contributed by atoms with Crippen molar-refractivity contribution in [1.82, 2.24) is 25.6 Å². The summed E-state index contributed by atoms with van der Waals surface area (Å²) in [7, 11) is 0. The number of rotatable bonds is 7. The summed E-state index contributed by atoms with van der Waals surface area (Å²) in [4.78, 5) is 59.7. The van der Waals surface area contributed by atoms with Crippen LogP contribution in [-0.4, -0.2) is 51.2 Å². The highest BCUT2D eigenvalue weighted by Gasteiger charge is 2.25. The fourth-order valence-electron chi connectivity index (χ4n) is 3.58. The Labute approximate surface area is 193 Å². The van der Waals surface area contributed by atoms with Crippen LogP contribution >= 0.6 is 0 Å². The smallest absolute Gasteiger partial charge is 0.272 e. The third-order valence-electron chi connectivity index (χ3n) is 5.31. The van der Waals surface area contributed by atoms with Crippen LogP contribution in [0.2, 0.25) is 0 Å². The molecule has 1 aliphatic rings. The van der Waals surface area contributed by atoms with E-state index >= 15 is 0 Å². The molecule has 0 spiro atoms. The van der Waals surface area contributed by atoms with Crippen molar-refractivity contribution in [3.8, 4) is 5.75 Å².